The van der Waals surface area contributed by atoms with Gasteiger partial charge in [0.25, 0.3) is 6.01 Å². The van der Waals surface area contributed by atoms with E-state index < -0.39 is 11.8 Å². The maximum absolute atomic E-state index is 14.9. The molecule has 0 aliphatic carbocycles. The van der Waals surface area contributed by atoms with Crippen LogP contribution in [0, 0.1) is 5.82 Å². The zero-order chi connectivity index (χ0) is 21.7. The molecule has 0 saturated heterocycles. The lowest BCUT2D eigenvalue weighted by Gasteiger charge is -2.12. The zero-order valence-electron chi connectivity index (χ0n) is 16.5. The Morgan fingerprint density at radius 1 is 1.30 bits per heavy atom. The van der Waals surface area contributed by atoms with Crippen LogP contribution in [0.1, 0.15) is 45.4 Å². The number of carbonyl (C=O) groups is 2. The molecule has 1 N–H and O–H groups in total. The summed E-state index contributed by atoms with van der Waals surface area (Å²) >= 11 is 0. The van der Waals surface area contributed by atoms with E-state index in [1.807, 2.05) is 6.92 Å². The molecule has 0 saturated carbocycles. The third-order valence-corrected chi connectivity index (χ3v) is 4.59. The van der Waals surface area contributed by atoms with Crippen LogP contribution in [0.3, 0.4) is 0 Å². The fourth-order valence-electron chi connectivity index (χ4n) is 3.13. The Balaban J connectivity index is 2.00. The van der Waals surface area contributed by atoms with Crippen LogP contribution in [0.15, 0.2) is 49.0 Å². The van der Waals surface area contributed by atoms with Crippen LogP contribution in [-0.2, 0) is 6.54 Å². The van der Waals surface area contributed by atoms with E-state index in [4.69, 9.17) is 4.74 Å². The summed E-state index contributed by atoms with van der Waals surface area (Å²) in [7, 11) is 0. The van der Waals surface area contributed by atoms with Crippen LogP contribution < -0.4 is 4.74 Å². The number of imidazole rings is 1. The van der Waals surface area contributed by atoms with Crippen molar-refractivity contribution in [2.24, 2.45) is 0 Å². The highest BCUT2D eigenvalue weighted by Crippen LogP contribution is 2.27. The highest BCUT2D eigenvalue weighted by Gasteiger charge is 2.19. The first kappa shape index (κ1) is 21.0. The van der Waals surface area contributed by atoms with Gasteiger partial charge in [0.15, 0.2) is 6.29 Å². The normalized spacial score (nSPS) is 10.6. The molecule has 2 aromatic carbocycles. The molecular weight excluding hydrogens is 387 g/mol. The SMILES string of the molecule is C=Cc1nc(OCCC)n(Cc2ccc(-c3ccccc3C(=O)O)cc2F)c1C=O. The molecule has 0 atom stereocenters. The molecule has 1 aromatic heterocycles. The third-order valence-electron chi connectivity index (χ3n) is 4.59. The Kier molecular flexibility index (Phi) is 6.41. The number of rotatable bonds is 9. The molecule has 3 aromatic rings. The van der Waals surface area contributed by atoms with E-state index >= 15 is 0 Å². The quantitative estimate of drug-likeness (QED) is 0.520. The molecule has 0 radical (unpaired) electrons. The Bertz CT molecular complexity index is 1100. The van der Waals surface area contributed by atoms with Gasteiger partial charge in [-0.3, -0.25) is 9.36 Å². The lowest BCUT2D eigenvalue weighted by atomic mass is 9.98. The molecule has 1 heterocycles. The van der Waals surface area contributed by atoms with E-state index in [1.165, 1.54) is 22.8 Å². The monoisotopic (exact) mass is 408 g/mol. The van der Waals surface area contributed by atoms with Gasteiger partial charge in [0, 0.05) is 5.56 Å². The summed E-state index contributed by atoms with van der Waals surface area (Å²) < 4.78 is 22.1. The summed E-state index contributed by atoms with van der Waals surface area (Å²) in [6, 6.07) is 11.1. The minimum atomic E-state index is -1.08. The second kappa shape index (κ2) is 9.17. The summed E-state index contributed by atoms with van der Waals surface area (Å²) in [5.41, 5.74) is 1.88. The standard InChI is InChI=1S/C23H21FN2O4/c1-3-11-30-23-25-20(4-2)21(14-27)26(23)13-16-10-9-15(12-19(16)24)17-7-5-6-8-18(17)22(28)29/h4-10,12,14H,2-3,11,13H2,1H3,(H,28,29). The lowest BCUT2D eigenvalue weighted by molar-refractivity contribution is 0.0697. The molecule has 0 spiro atoms. The molecule has 30 heavy (non-hydrogen) atoms. The molecule has 0 bridgehead atoms. The van der Waals surface area contributed by atoms with Crippen LogP contribution in [-0.4, -0.2) is 33.5 Å². The number of aromatic nitrogens is 2. The summed E-state index contributed by atoms with van der Waals surface area (Å²) in [5.74, 6) is -1.61. The van der Waals surface area contributed by atoms with E-state index in [1.54, 1.807) is 30.3 Å². The number of halogens is 1. The largest absolute Gasteiger partial charge is 0.478 e. The predicted molar refractivity (Wildman–Crippen MR) is 111 cm³/mol. The molecule has 7 heteroatoms. The molecular formula is C23H21FN2O4. The van der Waals surface area contributed by atoms with E-state index in [0.29, 0.717) is 35.3 Å². The van der Waals surface area contributed by atoms with Gasteiger partial charge < -0.3 is 9.84 Å². The van der Waals surface area contributed by atoms with Crippen molar-refractivity contribution in [3.8, 4) is 17.1 Å². The van der Waals surface area contributed by atoms with Gasteiger partial charge in [-0.2, -0.15) is 4.98 Å². The van der Waals surface area contributed by atoms with Gasteiger partial charge in [0.05, 0.1) is 24.4 Å². The van der Waals surface area contributed by atoms with Crippen LogP contribution in [0.2, 0.25) is 0 Å². The number of aromatic carboxylic acids is 1. The van der Waals surface area contributed by atoms with Gasteiger partial charge in [-0.05, 0) is 35.8 Å². The van der Waals surface area contributed by atoms with Gasteiger partial charge in [0.2, 0.25) is 0 Å². The number of benzene rings is 2. The average molecular weight is 408 g/mol. The molecule has 0 unspecified atom stereocenters. The predicted octanol–water partition coefficient (Wildman–Crippen LogP) is 4.68. The van der Waals surface area contributed by atoms with Crippen LogP contribution >= 0.6 is 0 Å². The molecule has 154 valence electrons. The molecule has 0 fully saturated rings. The minimum absolute atomic E-state index is 0.0284. The number of hydrogen-bond acceptors (Lipinski definition) is 4. The first-order valence-electron chi connectivity index (χ1n) is 9.42. The smallest absolute Gasteiger partial charge is 0.336 e. The van der Waals surface area contributed by atoms with E-state index in [0.717, 1.165) is 6.42 Å². The number of carboxylic acids is 1. The minimum Gasteiger partial charge on any atom is -0.478 e. The maximum atomic E-state index is 14.9. The third kappa shape index (κ3) is 4.15. The maximum Gasteiger partial charge on any atom is 0.336 e. The van der Waals surface area contributed by atoms with Gasteiger partial charge in [-0.1, -0.05) is 43.8 Å². The van der Waals surface area contributed by atoms with Crippen molar-refractivity contribution in [2.75, 3.05) is 6.61 Å². The number of nitrogens with zero attached hydrogens (tertiary/aromatic N) is 2. The molecule has 0 amide bonds. The van der Waals surface area contributed by atoms with Crippen LogP contribution in [0.4, 0.5) is 4.39 Å². The van der Waals surface area contributed by atoms with Crippen LogP contribution in [0.25, 0.3) is 17.2 Å². The fourth-order valence-corrected chi connectivity index (χ4v) is 3.13. The Hall–Kier alpha value is -3.74. The van der Waals surface area contributed by atoms with Crippen LogP contribution in [0.5, 0.6) is 6.01 Å². The van der Waals surface area contributed by atoms with E-state index in [-0.39, 0.29) is 23.8 Å². The molecule has 3 rings (SSSR count). The van der Waals surface area contributed by atoms with Crippen molar-refractivity contribution in [3.05, 3.63) is 77.4 Å². The van der Waals surface area contributed by atoms with Crippen molar-refractivity contribution >= 4 is 18.3 Å². The van der Waals surface area contributed by atoms with Gasteiger partial charge in [-0.25, -0.2) is 9.18 Å². The number of carbonyl (C=O) groups excluding carboxylic acids is 1. The number of hydrogen-bond donors (Lipinski definition) is 1. The highest BCUT2D eigenvalue weighted by atomic mass is 19.1. The molecule has 6 nitrogen and oxygen atoms in total. The first-order chi connectivity index (χ1) is 14.5. The Morgan fingerprint density at radius 2 is 2.07 bits per heavy atom. The topological polar surface area (TPSA) is 81.4 Å². The molecule has 0 aliphatic rings. The van der Waals surface area contributed by atoms with Crippen molar-refractivity contribution in [3.63, 3.8) is 0 Å². The first-order valence-corrected chi connectivity index (χ1v) is 9.42. The van der Waals surface area contributed by atoms with E-state index in [9.17, 15) is 19.1 Å². The second-order valence-corrected chi connectivity index (χ2v) is 6.58. The lowest BCUT2D eigenvalue weighted by Crippen LogP contribution is -2.10. The summed E-state index contributed by atoms with van der Waals surface area (Å²) in [4.78, 5) is 27.3. The average Bonchev–Trinajstić information content (AvgIpc) is 3.09. The Morgan fingerprint density at radius 3 is 2.70 bits per heavy atom. The van der Waals surface area contributed by atoms with Crippen molar-refractivity contribution in [2.45, 2.75) is 19.9 Å². The van der Waals surface area contributed by atoms with E-state index in [2.05, 4.69) is 11.6 Å². The Labute approximate surface area is 173 Å². The highest BCUT2D eigenvalue weighted by molar-refractivity contribution is 5.96. The fraction of sp³-hybridized carbons (Fsp3) is 0.174. The second-order valence-electron chi connectivity index (χ2n) is 6.58. The van der Waals surface area contributed by atoms with Gasteiger partial charge >= 0.3 is 5.97 Å². The zero-order valence-corrected chi connectivity index (χ0v) is 16.5. The van der Waals surface area contributed by atoms with Crippen molar-refractivity contribution in [1.29, 1.82) is 0 Å². The summed E-state index contributed by atoms with van der Waals surface area (Å²) in [6.45, 7) is 6.02. The van der Waals surface area contributed by atoms with Crippen molar-refractivity contribution in [1.82, 2.24) is 9.55 Å². The number of carboxylic acid groups (broad SMARTS) is 1. The van der Waals surface area contributed by atoms with Gasteiger partial charge in [-0.15, -0.1) is 0 Å². The van der Waals surface area contributed by atoms with Crippen molar-refractivity contribution < 1.29 is 23.8 Å². The summed E-state index contributed by atoms with van der Waals surface area (Å²) in [6.07, 6.45) is 2.83. The number of aldehydes is 1. The molecule has 0 aliphatic heterocycles. The van der Waals surface area contributed by atoms with Gasteiger partial charge in [0.1, 0.15) is 11.5 Å². The number of ether oxygens (including phenoxy) is 1. The summed E-state index contributed by atoms with van der Waals surface area (Å²) in [5, 5.41) is 9.37.